The van der Waals surface area contributed by atoms with Gasteiger partial charge < -0.3 is 10.4 Å². The number of fused-ring (bicyclic) bond motifs is 1. The van der Waals surface area contributed by atoms with Crippen molar-refractivity contribution in [2.24, 2.45) is 0 Å². The van der Waals surface area contributed by atoms with E-state index in [0.29, 0.717) is 11.4 Å². The lowest BCUT2D eigenvalue weighted by Gasteiger charge is -2.17. The Kier molecular flexibility index (Phi) is 4.91. The fourth-order valence-corrected chi connectivity index (χ4v) is 2.14. The Morgan fingerprint density at radius 2 is 1.80 bits per heavy atom. The summed E-state index contributed by atoms with van der Waals surface area (Å²) in [5, 5.41) is 10.6. The molecule has 25 heavy (non-hydrogen) atoms. The maximum atomic E-state index is 13.7. The number of nitrogens with one attached hydrogen (secondary N) is 1. The van der Waals surface area contributed by atoms with Gasteiger partial charge in [-0.25, -0.2) is 19.2 Å². The molecule has 0 saturated heterocycles. The highest BCUT2D eigenvalue weighted by molar-refractivity contribution is 6.05. The van der Waals surface area contributed by atoms with Crippen LogP contribution in [0.15, 0.2) is 12.1 Å². The summed E-state index contributed by atoms with van der Waals surface area (Å²) in [6, 6.07) is -0.408. The highest BCUT2D eigenvalue weighted by atomic mass is 19.4. The number of carbonyl (C=O) groups is 2. The minimum Gasteiger partial charge on any atom is -0.480 e. The Morgan fingerprint density at radius 3 is 2.36 bits per heavy atom. The Morgan fingerprint density at radius 1 is 1.20 bits per heavy atom. The Bertz CT molecular complexity index is 852. The molecule has 2 aromatic rings. The van der Waals surface area contributed by atoms with E-state index in [-0.39, 0.29) is 16.6 Å². The number of carbonyl (C=O) groups excluding carboxylic acids is 1. The first-order chi connectivity index (χ1) is 11.5. The second-order valence-electron chi connectivity index (χ2n) is 5.40. The van der Waals surface area contributed by atoms with Crippen molar-refractivity contribution in [3.8, 4) is 0 Å². The zero-order valence-corrected chi connectivity index (χ0v) is 13.1. The zero-order chi connectivity index (χ0) is 18.9. The summed E-state index contributed by atoms with van der Waals surface area (Å²) in [6.45, 7) is 3.22. The van der Waals surface area contributed by atoms with E-state index in [1.54, 1.807) is 19.2 Å². The first-order valence-electron chi connectivity index (χ1n) is 7.03. The monoisotopic (exact) mass is 359 g/mol. The molecule has 1 atom stereocenters. The largest absolute Gasteiger partial charge is 0.480 e. The molecule has 0 bridgehead atoms. The number of alkyl halides is 3. The average molecular weight is 359 g/mol. The number of aryl methyl sites for hydroxylation is 2. The maximum Gasteiger partial charge on any atom is 0.391 e. The van der Waals surface area contributed by atoms with Crippen LogP contribution >= 0.6 is 0 Å². The van der Waals surface area contributed by atoms with Crippen molar-refractivity contribution < 1.29 is 32.3 Å². The van der Waals surface area contributed by atoms with Gasteiger partial charge in [-0.1, -0.05) is 0 Å². The van der Waals surface area contributed by atoms with E-state index in [1.807, 2.05) is 0 Å². The van der Waals surface area contributed by atoms with Crippen molar-refractivity contribution >= 4 is 22.9 Å². The molecule has 1 amide bonds. The van der Waals surface area contributed by atoms with E-state index in [9.17, 15) is 27.2 Å². The second-order valence-corrected chi connectivity index (χ2v) is 5.40. The molecule has 10 heteroatoms. The first-order valence-corrected chi connectivity index (χ1v) is 7.03. The number of hydrogen-bond donors (Lipinski definition) is 2. The minimum atomic E-state index is -4.80. The standard InChI is InChI=1S/C15H13F4N3O3/c1-6-7(2)21-12-9(3-8(16)4-10(12)20-6)13(23)22-11(14(24)25)5-15(17,18)19/h3-4,11H,5H2,1-2H3,(H,22,23)(H,24,25). The zero-order valence-electron chi connectivity index (χ0n) is 13.1. The van der Waals surface area contributed by atoms with E-state index >= 15 is 0 Å². The summed E-state index contributed by atoms with van der Waals surface area (Å²) in [6.07, 6.45) is -6.56. The third-order valence-corrected chi connectivity index (χ3v) is 3.43. The number of benzene rings is 1. The second kappa shape index (κ2) is 6.61. The molecule has 134 valence electrons. The van der Waals surface area contributed by atoms with E-state index in [1.165, 1.54) is 0 Å². The van der Waals surface area contributed by atoms with E-state index in [0.717, 1.165) is 12.1 Å². The molecule has 6 nitrogen and oxygen atoms in total. The molecular weight excluding hydrogens is 346 g/mol. The van der Waals surface area contributed by atoms with Crippen LogP contribution in [0, 0.1) is 19.7 Å². The number of carboxylic acid groups (broad SMARTS) is 1. The summed E-state index contributed by atoms with van der Waals surface area (Å²) < 4.78 is 51.0. The van der Waals surface area contributed by atoms with Gasteiger partial charge in [-0.3, -0.25) is 4.79 Å². The molecule has 0 saturated carbocycles. The van der Waals surface area contributed by atoms with Gasteiger partial charge in [0.25, 0.3) is 5.91 Å². The Labute approximate surface area is 138 Å². The molecule has 0 radical (unpaired) electrons. The molecule has 0 aliphatic rings. The first kappa shape index (κ1) is 18.6. The van der Waals surface area contributed by atoms with Crippen LogP contribution in [0.1, 0.15) is 28.2 Å². The van der Waals surface area contributed by atoms with Gasteiger partial charge >= 0.3 is 12.1 Å². The smallest absolute Gasteiger partial charge is 0.391 e. The highest BCUT2D eigenvalue weighted by Gasteiger charge is 2.36. The summed E-state index contributed by atoms with van der Waals surface area (Å²) >= 11 is 0. The van der Waals surface area contributed by atoms with Crippen LogP contribution in [0.5, 0.6) is 0 Å². The molecule has 1 aromatic carbocycles. The molecule has 1 heterocycles. The molecular formula is C15H13F4N3O3. The lowest BCUT2D eigenvalue weighted by Crippen LogP contribution is -2.43. The predicted molar refractivity (Wildman–Crippen MR) is 78.5 cm³/mol. The number of hydrogen-bond acceptors (Lipinski definition) is 4. The third kappa shape index (κ3) is 4.40. The van der Waals surface area contributed by atoms with Crippen LogP contribution in [0.3, 0.4) is 0 Å². The van der Waals surface area contributed by atoms with Gasteiger partial charge in [-0.2, -0.15) is 13.2 Å². The quantitative estimate of drug-likeness (QED) is 0.819. The summed E-state index contributed by atoms with van der Waals surface area (Å²) in [5.74, 6) is -3.89. The molecule has 0 aliphatic heterocycles. The fourth-order valence-electron chi connectivity index (χ4n) is 2.14. The van der Waals surface area contributed by atoms with Gasteiger partial charge in [0.15, 0.2) is 0 Å². The number of halogens is 4. The van der Waals surface area contributed by atoms with E-state index in [2.05, 4.69) is 9.97 Å². The molecule has 2 N–H and O–H groups in total. The highest BCUT2D eigenvalue weighted by Crippen LogP contribution is 2.23. The Hall–Kier alpha value is -2.78. The maximum absolute atomic E-state index is 13.7. The van der Waals surface area contributed by atoms with Gasteiger partial charge in [-0.15, -0.1) is 0 Å². The summed E-state index contributed by atoms with van der Waals surface area (Å²) in [4.78, 5) is 31.4. The topological polar surface area (TPSA) is 92.2 Å². The molecule has 2 rings (SSSR count). The lowest BCUT2D eigenvalue weighted by molar-refractivity contribution is -0.157. The normalized spacial score (nSPS) is 12.9. The summed E-state index contributed by atoms with van der Waals surface area (Å²) in [5.41, 5.74) is 0.552. The lowest BCUT2D eigenvalue weighted by atomic mass is 10.1. The number of amides is 1. The molecule has 0 aliphatic carbocycles. The molecule has 0 spiro atoms. The van der Waals surface area contributed by atoms with Crippen LogP contribution in [0.4, 0.5) is 17.6 Å². The van der Waals surface area contributed by atoms with Gasteiger partial charge in [0.1, 0.15) is 17.4 Å². The average Bonchev–Trinajstić information content (AvgIpc) is 2.46. The van der Waals surface area contributed by atoms with Crippen molar-refractivity contribution in [3.63, 3.8) is 0 Å². The number of rotatable bonds is 4. The number of carboxylic acids is 1. The van der Waals surface area contributed by atoms with Crippen molar-refractivity contribution in [1.29, 1.82) is 0 Å². The van der Waals surface area contributed by atoms with Gasteiger partial charge in [0, 0.05) is 6.07 Å². The molecule has 1 unspecified atom stereocenters. The van der Waals surface area contributed by atoms with Gasteiger partial charge in [0.05, 0.1) is 28.9 Å². The molecule has 0 fully saturated rings. The summed E-state index contributed by atoms with van der Waals surface area (Å²) in [7, 11) is 0. The van der Waals surface area contributed by atoms with Gasteiger partial charge in [-0.05, 0) is 19.9 Å². The Balaban J connectivity index is 2.44. The van der Waals surface area contributed by atoms with Crippen molar-refractivity contribution in [1.82, 2.24) is 15.3 Å². The van der Waals surface area contributed by atoms with Crippen LogP contribution in [0.2, 0.25) is 0 Å². The van der Waals surface area contributed by atoms with Crippen molar-refractivity contribution in [2.45, 2.75) is 32.5 Å². The van der Waals surface area contributed by atoms with Gasteiger partial charge in [0.2, 0.25) is 0 Å². The SMILES string of the molecule is Cc1nc2cc(F)cc(C(=O)NC(CC(F)(F)F)C(=O)O)c2nc1C. The molecule has 1 aromatic heterocycles. The number of aliphatic carboxylic acids is 1. The van der Waals surface area contributed by atoms with Crippen LogP contribution in [0.25, 0.3) is 11.0 Å². The van der Waals surface area contributed by atoms with E-state index < -0.39 is 36.3 Å². The number of aromatic nitrogens is 2. The van der Waals surface area contributed by atoms with Crippen molar-refractivity contribution in [3.05, 3.63) is 34.9 Å². The van der Waals surface area contributed by atoms with Crippen LogP contribution < -0.4 is 5.32 Å². The predicted octanol–water partition coefficient (Wildman–Crippen LogP) is 2.52. The van der Waals surface area contributed by atoms with Crippen LogP contribution in [-0.4, -0.2) is 39.2 Å². The number of nitrogens with zero attached hydrogens (tertiary/aromatic N) is 2. The van der Waals surface area contributed by atoms with E-state index in [4.69, 9.17) is 5.11 Å². The third-order valence-electron chi connectivity index (χ3n) is 3.43. The minimum absolute atomic E-state index is 0.0295. The van der Waals surface area contributed by atoms with Crippen LogP contribution in [-0.2, 0) is 4.79 Å². The fraction of sp³-hybridized carbons (Fsp3) is 0.333. The van der Waals surface area contributed by atoms with Crippen molar-refractivity contribution in [2.75, 3.05) is 0 Å².